The molecule has 1 amide bonds. The summed E-state index contributed by atoms with van der Waals surface area (Å²) in [5.74, 6) is 0.0220. The number of amides is 1. The second-order valence-electron chi connectivity index (χ2n) is 3.81. The van der Waals surface area contributed by atoms with Crippen LogP contribution in [0.15, 0.2) is 0 Å². The van der Waals surface area contributed by atoms with Gasteiger partial charge in [0, 0.05) is 13.6 Å². The number of likely N-dealkylation sites (tertiary alicyclic amines) is 1. The summed E-state index contributed by atoms with van der Waals surface area (Å²) in [7, 11) is 1.75. The third-order valence-corrected chi connectivity index (χ3v) is 3.86. The summed E-state index contributed by atoms with van der Waals surface area (Å²) < 4.78 is 0. The van der Waals surface area contributed by atoms with Crippen LogP contribution < -0.4 is 0 Å². The van der Waals surface area contributed by atoms with Crippen LogP contribution in [0.2, 0.25) is 0 Å². The van der Waals surface area contributed by atoms with Crippen molar-refractivity contribution >= 4 is 27.6 Å². The first-order valence-electron chi connectivity index (χ1n) is 4.93. The molecule has 1 saturated heterocycles. The van der Waals surface area contributed by atoms with Crippen molar-refractivity contribution in [2.24, 2.45) is 5.41 Å². The zero-order valence-corrected chi connectivity index (χ0v) is 10.4. The van der Waals surface area contributed by atoms with Gasteiger partial charge in [-0.3, -0.25) is 9.59 Å². The number of carbonyl (C=O) groups excluding carboxylic acids is 2. The van der Waals surface area contributed by atoms with Crippen molar-refractivity contribution in [1.29, 1.82) is 0 Å². The van der Waals surface area contributed by atoms with Gasteiger partial charge in [0.25, 0.3) is 0 Å². The van der Waals surface area contributed by atoms with Crippen LogP contribution in [0.25, 0.3) is 0 Å². The molecular weight excluding hydrogens is 246 g/mol. The van der Waals surface area contributed by atoms with Gasteiger partial charge >= 0.3 is 0 Å². The molecule has 1 fully saturated rings. The quantitative estimate of drug-likeness (QED) is 0.560. The Kier molecular flexibility index (Phi) is 3.35. The van der Waals surface area contributed by atoms with Crippen molar-refractivity contribution in [3.05, 3.63) is 0 Å². The molecule has 0 aliphatic carbocycles. The molecular formula is C10H16BrNO2. The number of carbonyl (C=O) groups is 2. The van der Waals surface area contributed by atoms with Gasteiger partial charge in [0.1, 0.15) is 5.41 Å². The monoisotopic (exact) mass is 261 g/mol. The van der Waals surface area contributed by atoms with Gasteiger partial charge in [-0.1, -0.05) is 29.8 Å². The fourth-order valence-electron chi connectivity index (χ4n) is 2.08. The predicted molar refractivity (Wildman–Crippen MR) is 58.4 cm³/mol. The Balaban J connectivity index is 3.09. The maximum atomic E-state index is 12.0. The van der Waals surface area contributed by atoms with E-state index >= 15 is 0 Å². The number of alkyl halides is 1. The minimum absolute atomic E-state index is 0.0248. The molecule has 0 aromatic heterocycles. The van der Waals surface area contributed by atoms with Crippen molar-refractivity contribution in [1.82, 2.24) is 4.90 Å². The van der Waals surface area contributed by atoms with E-state index in [-0.39, 0.29) is 16.5 Å². The highest BCUT2D eigenvalue weighted by molar-refractivity contribution is 9.10. The van der Waals surface area contributed by atoms with E-state index in [0.29, 0.717) is 19.4 Å². The van der Waals surface area contributed by atoms with E-state index in [1.807, 2.05) is 13.8 Å². The molecule has 0 N–H and O–H groups in total. The Labute approximate surface area is 93.0 Å². The van der Waals surface area contributed by atoms with Crippen molar-refractivity contribution in [3.8, 4) is 0 Å². The molecule has 1 rings (SSSR count). The lowest BCUT2D eigenvalue weighted by molar-refractivity contribution is -0.153. The molecule has 1 aliphatic rings. The fourth-order valence-corrected chi connectivity index (χ4v) is 2.95. The normalized spacial score (nSPS) is 26.9. The maximum Gasteiger partial charge on any atom is 0.236 e. The molecule has 1 aliphatic heterocycles. The lowest BCUT2D eigenvalue weighted by Crippen LogP contribution is -2.57. The summed E-state index contributed by atoms with van der Waals surface area (Å²) in [6.45, 7) is 4.29. The van der Waals surface area contributed by atoms with Crippen molar-refractivity contribution < 1.29 is 9.59 Å². The fraction of sp³-hybridized carbons (Fsp3) is 0.800. The summed E-state index contributed by atoms with van der Waals surface area (Å²) >= 11 is 3.34. The largest absolute Gasteiger partial charge is 0.343 e. The van der Waals surface area contributed by atoms with Gasteiger partial charge in [0.15, 0.2) is 5.78 Å². The van der Waals surface area contributed by atoms with E-state index in [1.165, 1.54) is 0 Å². The first kappa shape index (κ1) is 11.7. The van der Waals surface area contributed by atoms with E-state index in [0.717, 1.165) is 0 Å². The highest BCUT2D eigenvalue weighted by Gasteiger charge is 2.50. The zero-order chi connectivity index (χ0) is 10.9. The Morgan fingerprint density at radius 2 is 1.93 bits per heavy atom. The molecule has 4 heteroatoms. The van der Waals surface area contributed by atoms with Gasteiger partial charge in [-0.25, -0.2) is 0 Å². The number of rotatable bonds is 2. The smallest absolute Gasteiger partial charge is 0.236 e. The first-order valence-corrected chi connectivity index (χ1v) is 5.85. The van der Waals surface area contributed by atoms with E-state index in [2.05, 4.69) is 15.9 Å². The lowest BCUT2D eigenvalue weighted by Gasteiger charge is -2.40. The molecule has 1 unspecified atom stereocenters. The predicted octanol–water partition coefficient (Wildman–Crippen LogP) is 1.60. The van der Waals surface area contributed by atoms with Gasteiger partial charge in [-0.05, 0) is 12.8 Å². The summed E-state index contributed by atoms with van der Waals surface area (Å²) in [6, 6.07) is 0. The molecule has 0 bridgehead atoms. The topological polar surface area (TPSA) is 37.4 Å². The number of nitrogens with zero attached hydrogens (tertiary/aromatic N) is 1. The highest BCUT2D eigenvalue weighted by atomic mass is 79.9. The summed E-state index contributed by atoms with van der Waals surface area (Å²) in [5, 5.41) is 0. The van der Waals surface area contributed by atoms with Gasteiger partial charge < -0.3 is 4.90 Å². The van der Waals surface area contributed by atoms with Gasteiger partial charge in [-0.2, -0.15) is 0 Å². The number of hydrogen-bond acceptors (Lipinski definition) is 2. The van der Waals surface area contributed by atoms with Crippen LogP contribution in [-0.4, -0.2) is 35.0 Å². The molecule has 0 saturated carbocycles. The first-order chi connectivity index (χ1) is 6.49. The maximum absolute atomic E-state index is 12.0. The summed E-state index contributed by atoms with van der Waals surface area (Å²) in [5.41, 5.74) is -0.777. The molecule has 1 atom stereocenters. The molecule has 80 valence electrons. The minimum Gasteiger partial charge on any atom is -0.343 e. The van der Waals surface area contributed by atoms with Crippen molar-refractivity contribution in [2.75, 3.05) is 13.6 Å². The van der Waals surface area contributed by atoms with Crippen LogP contribution in [0.1, 0.15) is 26.7 Å². The third-order valence-electron chi connectivity index (χ3n) is 3.15. The number of Topliss-reactive ketones (excluding diaryl/α,β-unsaturated/α-hetero) is 1. The van der Waals surface area contributed by atoms with Crippen LogP contribution in [0.4, 0.5) is 0 Å². The second kappa shape index (κ2) is 4.01. The molecule has 0 radical (unpaired) electrons. The Hall–Kier alpha value is -0.380. The van der Waals surface area contributed by atoms with Crippen molar-refractivity contribution in [2.45, 2.75) is 31.5 Å². The zero-order valence-electron chi connectivity index (χ0n) is 8.84. The molecule has 0 aromatic carbocycles. The summed E-state index contributed by atoms with van der Waals surface area (Å²) in [6.07, 6.45) is 1.18. The Morgan fingerprint density at radius 3 is 2.36 bits per heavy atom. The minimum atomic E-state index is -0.777. The Bertz CT molecular complexity index is 239. The molecule has 14 heavy (non-hydrogen) atoms. The molecule has 3 nitrogen and oxygen atoms in total. The number of ketones is 1. The SMILES string of the molecule is CCC1(CC)C(=O)C(Br)CN(C)C1=O. The van der Waals surface area contributed by atoms with Crippen LogP contribution in [0, 0.1) is 5.41 Å². The summed E-state index contributed by atoms with van der Waals surface area (Å²) in [4.78, 5) is 25.4. The third kappa shape index (κ3) is 1.49. The standard InChI is InChI=1S/C10H16BrNO2/c1-4-10(5-2)8(13)7(11)6-12(3)9(10)14/h7H,4-6H2,1-3H3. The van der Waals surface area contributed by atoms with Gasteiger partial charge in [0.2, 0.25) is 5.91 Å². The van der Waals surface area contributed by atoms with E-state index in [9.17, 15) is 9.59 Å². The second-order valence-corrected chi connectivity index (χ2v) is 4.91. The van der Waals surface area contributed by atoms with E-state index < -0.39 is 5.41 Å². The number of hydrogen-bond donors (Lipinski definition) is 0. The average Bonchev–Trinajstić information content (AvgIpc) is 2.18. The molecule has 1 heterocycles. The molecule has 0 aromatic rings. The van der Waals surface area contributed by atoms with Crippen LogP contribution in [-0.2, 0) is 9.59 Å². The lowest BCUT2D eigenvalue weighted by atomic mass is 9.73. The van der Waals surface area contributed by atoms with E-state index in [4.69, 9.17) is 0 Å². The van der Waals surface area contributed by atoms with Crippen LogP contribution in [0.3, 0.4) is 0 Å². The van der Waals surface area contributed by atoms with Crippen molar-refractivity contribution in [3.63, 3.8) is 0 Å². The number of halogens is 1. The van der Waals surface area contributed by atoms with Gasteiger partial charge in [0.05, 0.1) is 4.83 Å². The highest BCUT2D eigenvalue weighted by Crippen LogP contribution is 2.36. The molecule has 0 spiro atoms. The van der Waals surface area contributed by atoms with Crippen LogP contribution >= 0.6 is 15.9 Å². The Morgan fingerprint density at radius 1 is 1.43 bits per heavy atom. The van der Waals surface area contributed by atoms with E-state index in [1.54, 1.807) is 11.9 Å². The average molecular weight is 262 g/mol. The van der Waals surface area contributed by atoms with Gasteiger partial charge in [-0.15, -0.1) is 0 Å². The van der Waals surface area contributed by atoms with Crippen LogP contribution in [0.5, 0.6) is 0 Å². The number of piperidine rings is 1.